The Balaban J connectivity index is 1.70. The van der Waals surface area contributed by atoms with E-state index < -0.39 is 18.3 Å². The molecule has 3 atom stereocenters. The Labute approximate surface area is 145 Å². The molecule has 0 saturated carbocycles. The summed E-state index contributed by atoms with van der Waals surface area (Å²) in [5.74, 6) is -0.612. The lowest BCUT2D eigenvalue weighted by molar-refractivity contribution is -0.132. The molecule has 1 fully saturated rings. The number of halogens is 2. The zero-order chi connectivity index (χ0) is 18.0. The van der Waals surface area contributed by atoms with Crippen molar-refractivity contribution in [1.29, 1.82) is 0 Å². The van der Waals surface area contributed by atoms with Gasteiger partial charge in [0.1, 0.15) is 18.0 Å². The van der Waals surface area contributed by atoms with Crippen molar-refractivity contribution in [3.8, 4) is 11.1 Å². The van der Waals surface area contributed by atoms with Gasteiger partial charge in [0.2, 0.25) is 5.91 Å². The van der Waals surface area contributed by atoms with Crippen molar-refractivity contribution in [2.75, 3.05) is 13.1 Å². The van der Waals surface area contributed by atoms with Crippen LogP contribution in [0.5, 0.6) is 0 Å². The lowest BCUT2D eigenvalue weighted by atomic mass is 9.97. The number of hydrogen-bond donors (Lipinski definition) is 2. The fourth-order valence-corrected chi connectivity index (χ4v) is 3.03. The Morgan fingerprint density at radius 2 is 1.60 bits per heavy atom. The molecule has 132 valence electrons. The summed E-state index contributed by atoms with van der Waals surface area (Å²) in [6.45, 7) is 0.465. The standard InChI is InChI=1S/C19H21F2N3O/c20-15-7-5-13(6-8-15)12-1-3-14(4-2-12)17(22)18(23)19(25)24-10-9-16(21)11-24/h1-8,16-18H,9-11,22-23H2/t16-,17-,18-/m0/s1. The zero-order valence-electron chi connectivity index (χ0n) is 13.7. The van der Waals surface area contributed by atoms with Gasteiger partial charge in [-0.1, -0.05) is 36.4 Å². The minimum Gasteiger partial charge on any atom is -0.338 e. The van der Waals surface area contributed by atoms with Gasteiger partial charge >= 0.3 is 0 Å². The van der Waals surface area contributed by atoms with Gasteiger partial charge in [-0.2, -0.15) is 0 Å². The largest absolute Gasteiger partial charge is 0.338 e. The topological polar surface area (TPSA) is 72.4 Å². The van der Waals surface area contributed by atoms with Crippen LogP contribution in [0.15, 0.2) is 48.5 Å². The zero-order valence-corrected chi connectivity index (χ0v) is 13.7. The average molecular weight is 345 g/mol. The first-order valence-electron chi connectivity index (χ1n) is 8.25. The second kappa shape index (κ2) is 7.29. The summed E-state index contributed by atoms with van der Waals surface area (Å²) in [5.41, 5.74) is 14.7. The first-order valence-corrected chi connectivity index (χ1v) is 8.25. The molecule has 1 amide bonds. The summed E-state index contributed by atoms with van der Waals surface area (Å²) in [6, 6.07) is 11.9. The third-order valence-electron chi connectivity index (χ3n) is 4.59. The minimum absolute atomic E-state index is 0.0861. The number of rotatable bonds is 4. The van der Waals surface area contributed by atoms with Crippen LogP contribution in [0.4, 0.5) is 8.78 Å². The van der Waals surface area contributed by atoms with Crippen molar-refractivity contribution in [1.82, 2.24) is 4.90 Å². The third kappa shape index (κ3) is 3.86. The molecule has 1 heterocycles. The molecule has 1 aliphatic rings. The first kappa shape index (κ1) is 17.5. The van der Waals surface area contributed by atoms with Crippen LogP contribution < -0.4 is 11.5 Å². The maximum Gasteiger partial charge on any atom is 0.241 e. The highest BCUT2D eigenvalue weighted by atomic mass is 19.1. The molecule has 0 aliphatic carbocycles. The van der Waals surface area contributed by atoms with Crippen molar-refractivity contribution in [2.24, 2.45) is 11.5 Å². The van der Waals surface area contributed by atoms with Crippen molar-refractivity contribution in [3.63, 3.8) is 0 Å². The van der Waals surface area contributed by atoms with Crippen LogP contribution >= 0.6 is 0 Å². The highest BCUT2D eigenvalue weighted by Gasteiger charge is 2.32. The van der Waals surface area contributed by atoms with Crippen LogP contribution in [0.25, 0.3) is 11.1 Å². The monoisotopic (exact) mass is 345 g/mol. The lowest BCUT2D eigenvalue weighted by Crippen LogP contribution is -2.48. The van der Waals surface area contributed by atoms with Gasteiger partial charge < -0.3 is 16.4 Å². The molecule has 4 N–H and O–H groups in total. The molecule has 0 unspecified atom stereocenters. The number of alkyl halides is 1. The van der Waals surface area contributed by atoms with Crippen molar-refractivity contribution >= 4 is 5.91 Å². The van der Waals surface area contributed by atoms with Crippen LogP contribution in [-0.4, -0.2) is 36.1 Å². The van der Waals surface area contributed by atoms with Crippen LogP contribution in [0, 0.1) is 5.82 Å². The summed E-state index contributed by atoms with van der Waals surface area (Å²) >= 11 is 0. The molecular weight excluding hydrogens is 324 g/mol. The Kier molecular flexibility index (Phi) is 5.11. The molecule has 0 spiro atoms. The smallest absolute Gasteiger partial charge is 0.241 e. The van der Waals surface area contributed by atoms with Gasteiger partial charge in [-0.3, -0.25) is 4.79 Å². The normalized spacial score (nSPS) is 19.7. The van der Waals surface area contributed by atoms with E-state index in [4.69, 9.17) is 11.5 Å². The predicted octanol–water partition coefficient (Wildman–Crippen LogP) is 2.39. The molecule has 0 bridgehead atoms. The maximum atomic E-state index is 13.3. The van der Waals surface area contributed by atoms with Gasteiger partial charge in [0, 0.05) is 6.54 Å². The summed E-state index contributed by atoms with van der Waals surface area (Å²) in [6.07, 6.45) is -0.637. The summed E-state index contributed by atoms with van der Waals surface area (Å²) in [7, 11) is 0. The Morgan fingerprint density at radius 1 is 1.04 bits per heavy atom. The van der Waals surface area contributed by atoms with Crippen molar-refractivity contribution in [3.05, 3.63) is 59.9 Å². The number of nitrogens with two attached hydrogens (primary N) is 2. The average Bonchev–Trinajstić information content (AvgIpc) is 3.07. The molecule has 3 rings (SSSR count). The number of nitrogens with zero attached hydrogens (tertiary/aromatic N) is 1. The van der Waals surface area contributed by atoms with Crippen LogP contribution in [-0.2, 0) is 4.79 Å². The van der Waals surface area contributed by atoms with E-state index in [-0.39, 0.29) is 18.3 Å². The second-order valence-corrected chi connectivity index (χ2v) is 6.35. The van der Waals surface area contributed by atoms with Gasteiger partial charge in [-0.05, 0) is 35.2 Å². The summed E-state index contributed by atoms with van der Waals surface area (Å²) in [4.78, 5) is 13.8. The number of benzene rings is 2. The van der Waals surface area contributed by atoms with E-state index >= 15 is 0 Å². The molecule has 25 heavy (non-hydrogen) atoms. The van der Waals surface area contributed by atoms with Crippen molar-refractivity contribution < 1.29 is 13.6 Å². The van der Waals surface area contributed by atoms with E-state index in [1.165, 1.54) is 17.0 Å². The quantitative estimate of drug-likeness (QED) is 0.894. The Hall–Kier alpha value is -2.31. The summed E-state index contributed by atoms with van der Waals surface area (Å²) < 4.78 is 26.3. The van der Waals surface area contributed by atoms with E-state index in [2.05, 4.69) is 0 Å². The van der Waals surface area contributed by atoms with Crippen LogP contribution in [0.1, 0.15) is 18.0 Å². The third-order valence-corrected chi connectivity index (χ3v) is 4.59. The number of carbonyl (C=O) groups excluding carboxylic acids is 1. The van der Waals surface area contributed by atoms with Gasteiger partial charge in [-0.15, -0.1) is 0 Å². The Bertz CT molecular complexity index is 733. The number of likely N-dealkylation sites (tertiary alicyclic amines) is 1. The highest BCUT2D eigenvalue weighted by Crippen LogP contribution is 2.23. The van der Waals surface area contributed by atoms with Crippen LogP contribution in [0.2, 0.25) is 0 Å². The lowest BCUT2D eigenvalue weighted by Gasteiger charge is -2.25. The molecule has 2 aromatic carbocycles. The number of carbonyl (C=O) groups is 1. The minimum atomic E-state index is -0.984. The van der Waals surface area contributed by atoms with Gasteiger partial charge in [0.15, 0.2) is 0 Å². The Morgan fingerprint density at radius 3 is 2.12 bits per heavy atom. The molecule has 2 aromatic rings. The van der Waals surface area contributed by atoms with Gasteiger partial charge in [0.25, 0.3) is 0 Å². The molecule has 1 saturated heterocycles. The first-order chi connectivity index (χ1) is 12.0. The molecule has 4 nitrogen and oxygen atoms in total. The number of hydrogen-bond acceptors (Lipinski definition) is 3. The fourth-order valence-electron chi connectivity index (χ4n) is 3.03. The molecule has 6 heteroatoms. The summed E-state index contributed by atoms with van der Waals surface area (Å²) in [5, 5.41) is 0. The molecule has 0 radical (unpaired) electrons. The maximum absolute atomic E-state index is 13.3. The van der Waals surface area contributed by atoms with Crippen molar-refractivity contribution in [2.45, 2.75) is 24.7 Å². The van der Waals surface area contributed by atoms with Gasteiger partial charge in [0.05, 0.1) is 12.6 Å². The molecule has 1 aliphatic heterocycles. The van der Waals surface area contributed by atoms with E-state index in [1.54, 1.807) is 24.3 Å². The molecule has 0 aromatic heterocycles. The highest BCUT2D eigenvalue weighted by molar-refractivity contribution is 5.83. The second-order valence-electron chi connectivity index (χ2n) is 6.35. The SMILES string of the molecule is N[C@H](C(=O)N1CC[C@H](F)C1)[C@@H](N)c1ccc(-c2ccc(F)cc2)cc1. The fraction of sp³-hybridized carbons (Fsp3) is 0.316. The van der Waals surface area contributed by atoms with E-state index in [0.29, 0.717) is 13.0 Å². The van der Waals surface area contributed by atoms with E-state index in [1.807, 2.05) is 12.1 Å². The number of amides is 1. The van der Waals surface area contributed by atoms with Gasteiger partial charge in [-0.25, -0.2) is 8.78 Å². The van der Waals surface area contributed by atoms with E-state index in [0.717, 1.165) is 16.7 Å². The predicted molar refractivity (Wildman–Crippen MR) is 92.8 cm³/mol. The van der Waals surface area contributed by atoms with E-state index in [9.17, 15) is 13.6 Å². The van der Waals surface area contributed by atoms with Crippen LogP contribution in [0.3, 0.4) is 0 Å². The molecular formula is C19H21F2N3O.